The van der Waals surface area contributed by atoms with E-state index in [4.69, 9.17) is 17.3 Å². The number of fused-ring (bicyclic) bond motifs is 3. The fraction of sp³-hybridized carbons (Fsp3) is 0.398. The summed E-state index contributed by atoms with van der Waals surface area (Å²) in [6.07, 6.45) is 4.33. The molecule has 29 nitrogen and oxygen atoms in total. The van der Waals surface area contributed by atoms with E-state index in [1.165, 1.54) is 43.0 Å². The van der Waals surface area contributed by atoms with E-state index in [1.807, 2.05) is 94.4 Å². The molecule has 1 aliphatic rings. The molecular weight excluding hydrogens is 1460 g/mol. The second-order valence-corrected chi connectivity index (χ2v) is 29.2. The third-order valence-corrected chi connectivity index (χ3v) is 19.9. The van der Waals surface area contributed by atoms with Crippen LogP contribution in [0.15, 0.2) is 157 Å². The summed E-state index contributed by atoms with van der Waals surface area (Å²) in [6.45, 7) is 10.9. The zero-order chi connectivity index (χ0) is 81.3. The number of phenolic OH excluding ortho intramolecular Hbond substituents is 1. The Kier molecular flexibility index (Phi) is 31.2. The molecule has 11 amide bonds. The number of rotatable bonds is 39. The van der Waals surface area contributed by atoms with Crippen LogP contribution in [0, 0.1) is 5.92 Å². The summed E-state index contributed by atoms with van der Waals surface area (Å²) >= 11 is 6.30. The number of H-pyrrole nitrogens is 2. The van der Waals surface area contributed by atoms with Gasteiger partial charge in [0.2, 0.25) is 65.0 Å². The number of carbonyl (C=O) groups excluding carboxylic acids is 11. The predicted molar refractivity (Wildman–Crippen MR) is 431 cm³/mol. The Labute approximate surface area is 660 Å². The molecule has 1 saturated heterocycles. The maximum absolute atomic E-state index is 15.4. The van der Waals surface area contributed by atoms with Crippen LogP contribution in [0.4, 0.5) is 0 Å². The molecule has 1 fully saturated rings. The highest BCUT2D eigenvalue weighted by molar-refractivity contribution is 6.30. The minimum atomic E-state index is -1.83. The number of nitrogens with two attached hydrogens (primary N) is 1. The van der Waals surface area contributed by atoms with Crippen molar-refractivity contribution in [3.05, 3.63) is 185 Å². The molecule has 0 spiro atoms. The molecule has 6 aromatic carbocycles. The number of nitrogens with one attached hydrogen (secondary N) is 13. The summed E-state index contributed by atoms with van der Waals surface area (Å²) in [5.41, 5.74) is 9.69. The van der Waals surface area contributed by atoms with E-state index >= 15 is 24.0 Å². The van der Waals surface area contributed by atoms with Crippen molar-refractivity contribution in [3.63, 3.8) is 0 Å². The fourth-order valence-corrected chi connectivity index (χ4v) is 13.9. The van der Waals surface area contributed by atoms with Gasteiger partial charge in [0.1, 0.15) is 66.2 Å². The first kappa shape index (κ1) is 85.2. The quantitative estimate of drug-likeness (QED) is 0.0145. The lowest BCUT2D eigenvalue weighted by Gasteiger charge is -2.31. The summed E-state index contributed by atoms with van der Waals surface area (Å²) in [4.78, 5) is 171. The van der Waals surface area contributed by atoms with E-state index in [9.17, 15) is 39.0 Å². The number of unbranched alkanes of at least 4 members (excludes halogenated alkanes) is 1. The summed E-state index contributed by atoms with van der Waals surface area (Å²) in [7, 11) is 0. The first-order valence-corrected chi connectivity index (χ1v) is 38.7. The van der Waals surface area contributed by atoms with Crippen LogP contribution >= 0.6 is 11.6 Å². The number of hydrogen-bond donors (Lipinski definition) is 16. The van der Waals surface area contributed by atoms with Crippen molar-refractivity contribution in [2.75, 3.05) is 32.8 Å². The maximum Gasteiger partial charge on any atom is 0.245 e. The summed E-state index contributed by atoms with van der Waals surface area (Å²) in [5, 5.41) is 56.5. The molecule has 0 saturated carbocycles. The number of aromatic nitrogens is 2. The van der Waals surface area contributed by atoms with Crippen molar-refractivity contribution < 1.29 is 63.0 Å². The molecule has 30 heteroatoms. The van der Waals surface area contributed by atoms with E-state index in [2.05, 4.69) is 73.4 Å². The zero-order valence-electron chi connectivity index (χ0n) is 64.3. The van der Waals surface area contributed by atoms with Crippen LogP contribution in [0.3, 0.4) is 0 Å². The minimum Gasteiger partial charge on any atom is -0.508 e. The van der Waals surface area contributed by atoms with E-state index in [-0.39, 0.29) is 69.6 Å². The number of amides is 11. The van der Waals surface area contributed by atoms with Crippen molar-refractivity contribution in [2.45, 2.75) is 173 Å². The van der Waals surface area contributed by atoms with Gasteiger partial charge < -0.3 is 89.3 Å². The largest absolute Gasteiger partial charge is 0.508 e. The number of halogens is 1. The normalized spacial score (nSPS) is 15.2. The number of phenols is 1. The minimum absolute atomic E-state index is 0.0359. The lowest BCUT2D eigenvalue weighted by atomic mass is 9.99. The highest BCUT2D eigenvalue weighted by atomic mass is 35.5. The smallest absolute Gasteiger partial charge is 0.245 e. The van der Waals surface area contributed by atoms with Crippen molar-refractivity contribution in [1.29, 1.82) is 0 Å². The van der Waals surface area contributed by atoms with E-state index in [0.717, 1.165) is 10.8 Å². The monoisotopic (exact) mass is 1570 g/mol. The number of benzene rings is 6. The van der Waals surface area contributed by atoms with Gasteiger partial charge in [0.05, 0.1) is 6.61 Å². The number of hydrogen-bond acceptors (Lipinski definition) is 14. The molecule has 9 rings (SSSR count). The standard InChI is InChI=1S/C83H103ClN16O13/c1-7-86-83(87-8-2)88-36-16-15-24-64(82(113)100-37-17-25-72(100)81(112)91-49(5)73(85)104)93-74(105)65(38-48(3)4)94-78(109)69(43-56-45-89-62-22-13-11-20-60(56)62)97-77(108)68(41-52-29-34-59(103)35-30-52)96-80(111)71(47-101)99-79(110)70(44-57-46-90-63-23-14-12-21-61(57)63)98-76(107)67(40-51-27-32-58(84)33-28-51)95-75(106)66(92-50(6)102)42-53-26-31-54-18-9-10-19-55(54)39-53/h9-14,18-23,26-35,39,45-46,48-49,64-72,89-90,101,103H,7-8,15-17,24-25,36-38,40-44,47H2,1-6H3,(H2,85,104)(H,91,112)(H,92,102)(H,93,105)(H,94,109)(H,95,106)(H,96,111)(H,97,108)(H,98,107)(H,99,110)(H2,86,87,88)/t49-,64+,65+,66-,67-,68+,69-,70-,71+,72+/m1/s1. The fourth-order valence-electron chi connectivity index (χ4n) is 13.8. The maximum atomic E-state index is 15.4. The summed E-state index contributed by atoms with van der Waals surface area (Å²) < 4.78 is 0. The van der Waals surface area contributed by atoms with Gasteiger partial charge in [-0.1, -0.05) is 129 Å². The molecule has 113 heavy (non-hydrogen) atoms. The lowest BCUT2D eigenvalue weighted by molar-refractivity contribution is -0.142. The number of guanidine groups is 1. The van der Waals surface area contributed by atoms with Gasteiger partial charge in [-0.3, -0.25) is 57.7 Å². The average Bonchev–Trinajstić information content (AvgIpc) is 1.75. The van der Waals surface area contributed by atoms with Gasteiger partial charge in [0, 0.05) is 104 Å². The second kappa shape index (κ2) is 41.4. The lowest BCUT2D eigenvalue weighted by Crippen LogP contribution is -2.62. The first-order valence-electron chi connectivity index (χ1n) is 38.3. The molecule has 8 aromatic rings. The Morgan fingerprint density at radius 3 is 1.54 bits per heavy atom. The highest BCUT2D eigenvalue weighted by Gasteiger charge is 2.41. The topological polar surface area (TPSA) is 434 Å². The molecule has 1 aliphatic heterocycles. The van der Waals surface area contributed by atoms with E-state index < -0.39 is 132 Å². The zero-order valence-corrected chi connectivity index (χ0v) is 65.1. The van der Waals surface area contributed by atoms with Gasteiger partial charge in [-0.2, -0.15) is 0 Å². The molecule has 0 radical (unpaired) electrons. The molecule has 0 aliphatic carbocycles. The molecular formula is C83H103ClN16O13. The molecule has 17 N–H and O–H groups in total. The van der Waals surface area contributed by atoms with Gasteiger partial charge in [0.15, 0.2) is 5.96 Å². The number of aliphatic imine (C=N–C) groups is 1. The highest BCUT2D eigenvalue weighted by Crippen LogP contribution is 2.25. The Bertz CT molecular complexity index is 4680. The van der Waals surface area contributed by atoms with Crippen molar-refractivity contribution in [2.24, 2.45) is 16.6 Å². The van der Waals surface area contributed by atoms with Crippen LogP contribution in [0.25, 0.3) is 32.6 Å². The van der Waals surface area contributed by atoms with Crippen LogP contribution in [-0.4, -0.2) is 189 Å². The SMILES string of the molecule is CCN=C(NCC)NCCCC[C@H](NC(=O)[C@H](CC(C)C)NC(=O)[C@@H](Cc1c[nH]c2ccccc12)NC(=O)[C@H](Cc1ccc(O)cc1)NC(=O)[C@H](CO)NC(=O)[C@@H](Cc1c[nH]c2ccccc12)NC(=O)[C@@H](Cc1ccc(Cl)cc1)NC(=O)[C@@H](Cc1ccc2ccccc2c1)NC(C)=O)C(=O)N1CCC[C@H]1C(=O)N[C@H](C)C(N)=O. The second-order valence-electron chi connectivity index (χ2n) is 28.8. The number of aliphatic hydroxyl groups is 1. The Morgan fingerprint density at radius 2 is 1.01 bits per heavy atom. The van der Waals surface area contributed by atoms with Gasteiger partial charge in [-0.15, -0.1) is 0 Å². The number of aliphatic hydroxyl groups excluding tert-OH is 1. The number of carbonyl (C=O) groups is 11. The summed E-state index contributed by atoms with van der Waals surface area (Å²) in [6, 6.07) is 26.4. The van der Waals surface area contributed by atoms with Gasteiger partial charge in [-0.25, -0.2) is 0 Å². The number of primary amides is 1. The third-order valence-electron chi connectivity index (χ3n) is 19.7. The molecule has 0 unspecified atom stereocenters. The van der Waals surface area contributed by atoms with Crippen LogP contribution in [0.1, 0.15) is 108 Å². The third kappa shape index (κ3) is 24.6. The molecule has 3 heterocycles. The summed E-state index contributed by atoms with van der Waals surface area (Å²) in [5.74, 6) is -8.34. The Morgan fingerprint density at radius 1 is 0.540 bits per heavy atom. The Balaban J connectivity index is 0.982. The van der Waals surface area contributed by atoms with Crippen molar-refractivity contribution in [3.8, 4) is 5.75 Å². The van der Waals surface area contributed by atoms with Crippen LogP contribution < -0.4 is 64.2 Å². The number of likely N-dealkylation sites (tertiary alicyclic amines) is 1. The number of para-hydroxylation sites is 2. The van der Waals surface area contributed by atoms with Crippen molar-refractivity contribution >= 4 is 115 Å². The van der Waals surface area contributed by atoms with Crippen LogP contribution in [0.5, 0.6) is 5.75 Å². The molecule has 0 bridgehead atoms. The average molecular weight is 1570 g/mol. The van der Waals surface area contributed by atoms with E-state index in [1.54, 1.807) is 60.9 Å². The van der Waals surface area contributed by atoms with Crippen LogP contribution in [-0.2, 0) is 84.8 Å². The first-order chi connectivity index (χ1) is 54.3. The predicted octanol–water partition coefficient (Wildman–Crippen LogP) is 4.34. The number of nitrogens with zero attached hydrogens (tertiary/aromatic N) is 2. The van der Waals surface area contributed by atoms with Gasteiger partial charge in [-0.05, 0) is 140 Å². The number of aromatic amines is 2. The number of aromatic hydroxyl groups is 1. The van der Waals surface area contributed by atoms with Gasteiger partial charge >= 0.3 is 0 Å². The molecule has 10 atom stereocenters. The van der Waals surface area contributed by atoms with Crippen molar-refractivity contribution in [1.82, 2.24) is 73.4 Å². The van der Waals surface area contributed by atoms with E-state index in [0.29, 0.717) is 99.5 Å². The van der Waals surface area contributed by atoms with Crippen LogP contribution in [0.2, 0.25) is 5.02 Å². The molecule has 600 valence electrons. The van der Waals surface area contributed by atoms with Gasteiger partial charge in [0.25, 0.3) is 0 Å². The molecule has 2 aromatic heterocycles. The Hall–Kier alpha value is -11.9.